The van der Waals surface area contributed by atoms with Crippen molar-refractivity contribution in [1.82, 2.24) is 10.3 Å². The van der Waals surface area contributed by atoms with Crippen LogP contribution < -0.4 is 11.1 Å². The van der Waals surface area contributed by atoms with Gasteiger partial charge in [-0.3, -0.25) is 4.79 Å². The molecule has 0 saturated heterocycles. The molecule has 4 nitrogen and oxygen atoms in total. The summed E-state index contributed by atoms with van der Waals surface area (Å²) in [5, 5.41) is 5.18. The van der Waals surface area contributed by atoms with Crippen molar-refractivity contribution in [2.75, 3.05) is 5.73 Å². The second-order valence-corrected chi connectivity index (χ2v) is 5.00. The van der Waals surface area contributed by atoms with Crippen LogP contribution in [0.4, 0.5) is 5.13 Å². The summed E-state index contributed by atoms with van der Waals surface area (Å²) in [6.07, 6.45) is 0. The lowest BCUT2D eigenvalue weighted by Gasteiger charge is -2.16. The van der Waals surface area contributed by atoms with Crippen LogP contribution in [0.25, 0.3) is 0 Å². The standard InChI is InChI=1S/C9H15N3OS/c1-9(2,3)7(13)11-4-6-5-14-8(10)12-6/h5H,4H2,1-3H3,(H2,10,12)(H,11,13). The molecule has 0 spiro atoms. The van der Waals surface area contributed by atoms with Crippen molar-refractivity contribution in [2.45, 2.75) is 27.3 Å². The van der Waals surface area contributed by atoms with Gasteiger partial charge >= 0.3 is 0 Å². The molecular weight excluding hydrogens is 198 g/mol. The third kappa shape index (κ3) is 2.99. The predicted octanol–water partition coefficient (Wildman–Crippen LogP) is 1.39. The highest BCUT2D eigenvalue weighted by Gasteiger charge is 2.20. The van der Waals surface area contributed by atoms with E-state index in [1.807, 2.05) is 26.2 Å². The number of carbonyl (C=O) groups is 1. The molecule has 1 amide bonds. The third-order valence-corrected chi connectivity index (χ3v) is 2.40. The molecule has 14 heavy (non-hydrogen) atoms. The van der Waals surface area contributed by atoms with Gasteiger partial charge in [0.2, 0.25) is 5.91 Å². The van der Waals surface area contributed by atoms with Gasteiger partial charge in [-0.15, -0.1) is 11.3 Å². The minimum Gasteiger partial charge on any atom is -0.375 e. The maximum Gasteiger partial charge on any atom is 0.225 e. The number of hydrogen-bond donors (Lipinski definition) is 2. The van der Waals surface area contributed by atoms with E-state index in [0.29, 0.717) is 11.7 Å². The Bertz CT molecular complexity index is 327. The van der Waals surface area contributed by atoms with E-state index in [2.05, 4.69) is 10.3 Å². The first-order chi connectivity index (χ1) is 6.39. The van der Waals surface area contributed by atoms with Gasteiger partial charge in [-0.2, -0.15) is 0 Å². The molecule has 0 aliphatic carbocycles. The lowest BCUT2D eigenvalue weighted by atomic mass is 9.96. The number of thiazole rings is 1. The Morgan fingerprint density at radius 1 is 1.64 bits per heavy atom. The molecule has 5 heteroatoms. The van der Waals surface area contributed by atoms with Crippen molar-refractivity contribution < 1.29 is 4.79 Å². The van der Waals surface area contributed by atoms with Gasteiger partial charge < -0.3 is 11.1 Å². The van der Waals surface area contributed by atoms with Crippen LogP contribution in [0, 0.1) is 5.41 Å². The average molecular weight is 213 g/mol. The monoisotopic (exact) mass is 213 g/mol. The van der Waals surface area contributed by atoms with Crippen LogP contribution in [0.1, 0.15) is 26.5 Å². The Morgan fingerprint density at radius 2 is 2.29 bits per heavy atom. The zero-order valence-corrected chi connectivity index (χ0v) is 9.44. The molecule has 1 rings (SSSR count). The number of amides is 1. The Kier molecular flexibility index (Phi) is 3.10. The maximum atomic E-state index is 11.5. The summed E-state index contributed by atoms with van der Waals surface area (Å²) in [6.45, 7) is 6.07. The fraction of sp³-hybridized carbons (Fsp3) is 0.556. The highest BCUT2D eigenvalue weighted by molar-refractivity contribution is 7.13. The van der Waals surface area contributed by atoms with Gasteiger partial charge in [0, 0.05) is 10.8 Å². The molecule has 0 fully saturated rings. The Balaban J connectivity index is 2.46. The fourth-order valence-electron chi connectivity index (χ4n) is 0.840. The number of nitrogen functional groups attached to an aromatic ring is 1. The largest absolute Gasteiger partial charge is 0.375 e. The SMILES string of the molecule is CC(C)(C)C(=O)NCc1csc(N)n1. The lowest BCUT2D eigenvalue weighted by molar-refractivity contribution is -0.128. The summed E-state index contributed by atoms with van der Waals surface area (Å²) in [7, 11) is 0. The van der Waals surface area contributed by atoms with Gasteiger partial charge in [-0.1, -0.05) is 20.8 Å². The number of nitrogens with zero attached hydrogens (tertiary/aromatic N) is 1. The second kappa shape index (κ2) is 3.96. The number of aromatic nitrogens is 1. The number of rotatable bonds is 2. The van der Waals surface area contributed by atoms with E-state index < -0.39 is 0 Å². The van der Waals surface area contributed by atoms with E-state index in [4.69, 9.17) is 5.73 Å². The minimum absolute atomic E-state index is 0.0177. The molecule has 1 aromatic rings. The Morgan fingerprint density at radius 3 is 2.71 bits per heavy atom. The van der Waals surface area contributed by atoms with E-state index in [9.17, 15) is 4.79 Å². The van der Waals surface area contributed by atoms with Crippen molar-refractivity contribution in [1.29, 1.82) is 0 Å². The Hall–Kier alpha value is -1.10. The summed E-state index contributed by atoms with van der Waals surface area (Å²) >= 11 is 1.38. The van der Waals surface area contributed by atoms with E-state index in [1.54, 1.807) is 0 Å². The minimum atomic E-state index is -0.360. The summed E-state index contributed by atoms with van der Waals surface area (Å²) < 4.78 is 0. The summed E-state index contributed by atoms with van der Waals surface area (Å²) in [4.78, 5) is 15.5. The first-order valence-corrected chi connectivity index (χ1v) is 5.26. The quantitative estimate of drug-likeness (QED) is 0.780. The zero-order valence-electron chi connectivity index (χ0n) is 8.63. The molecule has 0 atom stereocenters. The molecule has 0 unspecified atom stereocenters. The smallest absolute Gasteiger partial charge is 0.225 e. The van der Waals surface area contributed by atoms with Crippen LogP contribution in [0.15, 0.2) is 5.38 Å². The fourth-order valence-corrected chi connectivity index (χ4v) is 1.40. The van der Waals surface area contributed by atoms with Gasteiger partial charge in [-0.05, 0) is 0 Å². The van der Waals surface area contributed by atoms with E-state index >= 15 is 0 Å². The third-order valence-electron chi connectivity index (χ3n) is 1.68. The first kappa shape index (κ1) is 11.0. The van der Waals surface area contributed by atoms with E-state index in [-0.39, 0.29) is 11.3 Å². The normalized spacial score (nSPS) is 11.4. The molecule has 0 aliphatic heterocycles. The Labute approximate surface area is 87.5 Å². The molecule has 1 aromatic heterocycles. The van der Waals surface area contributed by atoms with Crippen molar-refractivity contribution in [3.05, 3.63) is 11.1 Å². The van der Waals surface area contributed by atoms with Crippen molar-refractivity contribution in [3.63, 3.8) is 0 Å². The van der Waals surface area contributed by atoms with Crippen LogP contribution in [-0.2, 0) is 11.3 Å². The number of nitrogens with two attached hydrogens (primary N) is 1. The van der Waals surface area contributed by atoms with E-state index in [0.717, 1.165) is 5.69 Å². The van der Waals surface area contributed by atoms with Crippen molar-refractivity contribution in [2.24, 2.45) is 5.41 Å². The summed E-state index contributed by atoms with van der Waals surface area (Å²) in [6, 6.07) is 0. The van der Waals surface area contributed by atoms with Crippen LogP contribution in [0.2, 0.25) is 0 Å². The van der Waals surface area contributed by atoms with Crippen LogP contribution in [0.3, 0.4) is 0 Å². The summed E-state index contributed by atoms with van der Waals surface area (Å²) in [5.41, 5.74) is 5.92. The molecular formula is C9H15N3OS. The van der Waals surface area contributed by atoms with Crippen LogP contribution >= 0.6 is 11.3 Å². The molecule has 0 radical (unpaired) electrons. The highest BCUT2D eigenvalue weighted by Crippen LogP contribution is 2.14. The highest BCUT2D eigenvalue weighted by atomic mass is 32.1. The number of nitrogens with one attached hydrogen (secondary N) is 1. The van der Waals surface area contributed by atoms with Gasteiger partial charge in [0.05, 0.1) is 12.2 Å². The van der Waals surface area contributed by atoms with Crippen LogP contribution in [-0.4, -0.2) is 10.9 Å². The van der Waals surface area contributed by atoms with Gasteiger partial charge in [0.25, 0.3) is 0 Å². The molecule has 0 bridgehead atoms. The summed E-state index contributed by atoms with van der Waals surface area (Å²) in [5.74, 6) is 0.0177. The molecule has 3 N–H and O–H groups in total. The lowest BCUT2D eigenvalue weighted by Crippen LogP contribution is -2.34. The van der Waals surface area contributed by atoms with E-state index in [1.165, 1.54) is 11.3 Å². The van der Waals surface area contributed by atoms with Gasteiger partial charge in [0.1, 0.15) is 0 Å². The topological polar surface area (TPSA) is 68.0 Å². The average Bonchev–Trinajstić information content (AvgIpc) is 2.45. The molecule has 78 valence electrons. The van der Waals surface area contributed by atoms with Crippen LogP contribution in [0.5, 0.6) is 0 Å². The first-order valence-electron chi connectivity index (χ1n) is 4.38. The number of carbonyl (C=O) groups excluding carboxylic acids is 1. The number of anilines is 1. The molecule has 0 aliphatic rings. The van der Waals surface area contributed by atoms with Gasteiger partial charge in [-0.25, -0.2) is 4.98 Å². The predicted molar refractivity (Wildman–Crippen MR) is 57.8 cm³/mol. The van der Waals surface area contributed by atoms with Gasteiger partial charge in [0.15, 0.2) is 5.13 Å². The molecule has 1 heterocycles. The molecule has 0 saturated carbocycles. The number of hydrogen-bond acceptors (Lipinski definition) is 4. The zero-order chi connectivity index (χ0) is 10.8. The molecule has 0 aromatic carbocycles. The maximum absolute atomic E-state index is 11.5. The second-order valence-electron chi connectivity index (χ2n) is 4.11. The van der Waals surface area contributed by atoms with Crippen molar-refractivity contribution in [3.8, 4) is 0 Å². The van der Waals surface area contributed by atoms with Crippen molar-refractivity contribution >= 4 is 22.4 Å².